The summed E-state index contributed by atoms with van der Waals surface area (Å²) in [6.07, 6.45) is 0.429. The molecule has 1 fully saturated rings. The third kappa shape index (κ3) is 4.18. The lowest BCUT2D eigenvalue weighted by Gasteiger charge is -2.35. The van der Waals surface area contributed by atoms with Crippen LogP contribution < -0.4 is 10.1 Å². The number of amides is 1. The number of ether oxygens (including phenoxy) is 1. The summed E-state index contributed by atoms with van der Waals surface area (Å²) in [6.45, 7) is 0. The summed E-state index contributed by atoms with van der Waals surface area (Å²) >= 11 is 0. The molecule has 0 bridgehead atoms. The number of aromatic nitrogens is 3. The van der Waals surface area contributed by atoms with Crippen molar-refractivity contribution in [1.29, 1.82) is 0 Å². The van der Waals surface area contributed by atoms with Gasteiger partial charge in [0.2, 0.25) is 0 Å². The maximum absolute atomic E-state index is 12.7. The standard InChI is InChI=1S/C24H21F3N4O2/c1-31-22(8-9-29-31)23(32)30-21-13-28-20-7-6-17(12-19(20)21)33-18-10-15(11-18)14-2-4-16(5-3-14)24(25,26)27/h2-9,12-13,15,18,28H,10-11H2,1H3,(H,30,32). The molecule has 1 aliphatic carbocycles. The number of benzene rings is 2. The lowest BCUT2D eigenvalue weighted by molar-refractivity contribution is -0.137. The van der Waals surface area contributed by atoms with Crippen LogP contribution in [0.15, 0.2) is 60.9 Å². The Morgan fingerprint density at radius 3 is 2.58 bits per heavy atom. The number of hydrogen-bond donors (Lipinski definition) is 2. The van der Waals surface area contributed by atoms with Gasteiger partial charge in [-0.3, -0.25) is 9.48 Å². The van der Waals surface area contributed by atoms with Crippen LogP contribution >= 0.6 is 0 Å². The molecule has 6 nitrogen and oxygen atoms in total. The molecule has 0 radical (unpaired) electrons. The van der Waals surface area contributed by atoms with Gasteiger partial charge < -0.3 is 15.0 Å². The second-order valence-corrected chi connectivity index (χ2v) is 8.23. The van der Waals surface area contributed by atoms with Gasteiger partial charge in [0.1, 0.15) is 11.4 Å². The summed E-state index contributed by atoms with van der Waals surface area (Å²) in [5.41, 5.74) is 2.20. The first kappa shape index (κ1) is 21.1. The molecule has 1 saturated carbocycles. The summed E-state index contributed by atoms with van der Waals surface area (Å²) in [7, 11) is 1.70. The molecule has 33 heavy (non-hydrogen) atoms. The van der Waals surface area contributed by atoms with E-state index in [4.69, 9.17) is 4.74 Å². The summed E-state index contributed by atoms with van der Waals surface area (Å²) in [6, 6.07) is 12.6. The van der Waals surface area contributed by atoms with E-state index in [0.717, 1.165) is 41.4 Å². The number of carbonyl (C=O) groups is 1. The fraction of sp³-hybridized carbons (Fsp3) is 0.250. The number of nitrogens with zero attached hydrogens (tertiary/aromatic N) is 2. The van der Waals surface area contributed by atoms with Gasteiger partial charge in [-0.15, -0.1) is 0 Å². The van der Waals surface area contributed by atoms with E-state index in [9.17, 15) is 18.0 Å². The molecule has 0 atom stereocenters. The van der Waals surface area contributed by atoms with Crippen molar-refractivity contribution in [3.63, 3.8) is 0 Å². The highest BCUT2D eigenvalue weighted by atomic mass is 19.4. The minimum atomic E-state index is -4.32. The van der Waals surface area contributed by atoms with Gasteiger partial charge in [-0.05, 0) is 60.7 Å². The van der Waals surface area contributed by atoms with E-state index < -0.39 is 11.7 Å². The van der Waals surface area contributed by atoms with Gasteiger partial charge in [-0.25, -0.2) is 0 Å². The molecule has 2 aromatic heterocycles. The van der Waals surface area contributed by atoms with E-state index in [0.29, 0.717) is 17.1 Å². The lowest BCUT2D eigenvalue weighted by atomic mass is 9.77. The van der Waals surface area contributed by atoms with Crippen molar-refractivity contribution in [3.8, 4) is 5.75 Å². The number of fused-ring (bicyclic) bond motifs is 1. The monoisotopic (exact) mass is 454 g/mol. The molecule has 0 saturated heterocycles. The topological polar surface area (TPSA) is 71.9 Å². The molecule has 5 rings (SSSR count). The van der Waals surface area contributed by atoms with Gasteiger partial charge in [-0.2, -0.15) is 18.3 Å². The number of rotatable bonds is 5. The van der Waals surface area contributed by atoms with Gasteiger partial charge in [0.15, 0.2) is 0 Å². The number of halogens is 3. The molecule has 1 aliphatic rings. The zero-order chi connectivity index (χ0) is 23.2. The second-order valence-electron chi connectivity index (χ2n) is 8.23. The van der Waals surface area contributed by atoms with Crippen molar-refractivity contribution in [2.45, 2.75) is 31.0 Å². The Morgan fingerprint density at radius 2 is 1.91 bits per heavy atom. The Hall–Kier alpha value is -3.75. The fourth-order valence-electron chi connectivity index (χ4n) is 4.13. The van der Waals surface area contributed by atoms with Crippen LogP contribution in [0.4, 0.5) is 18.9 Å². The molecule has 2 heterocycles. The molecule has 0 spiro atoms. The number of nitrogens with one attached hydrogen (secondary N) is 2. The Morgan fingerprint density at radius 1 is 1.15 bits per heavy atom. The van der Waals surface area contributed by atoms with E-state index in [1.165, 1.54) is 4.68 Å². The Bertz CT molecular complexity index is 1300. The van der Waals surface area contributed by atoms with Crippen molar-refractivity contribution in [2.75, 3.05) is 5.32 Å². The van der Waals surface area contributed by atoms with E-state index in [1.807, 2.05) is 18.2 Å². The van der Waals surface area contributed by atoms with Crippen molar-refractivity contribution >= 4 is 22.5 Å². The molecule has 1 amide bonds. The minimum absolute atomic E-state index is 0.0128. The van der Waals surface area contributed by atoms with Crippen LogP contribution in [-0.2, 0) is 13.2 Å². The molecular formula is C24H21F3N4O2. The van der Waals surface area contributed by atoms with E-state index >= 15 is 0 Å². The normalized spacial score (nSPS) is 18.2. The molecule has 9 heteroatoms. The molecule has 0 unspecified atom stereocenters. The highest BCUT2D eigenvalue weighted by Gasteiger charge is 2.34. The number of anilines is 1. The van der Waals surface area contributed by atoms with Crippen LogP contribution in [0.2, 0.25) is 0 Å². The smallest absolute Gasteiger partial charge is 0.416 e. The van der Waals surface area contributed by atoms with Crippen LogP contribution in [-0.4, -0.2) is 26.8 Å². The zero-order valence-electron chi connectivity index (χ0n) is 17.7. The summed E-state index contributed by atoms with van der Waals surface area (Å²) < 4.78 is 45.8. The van der Waals surface area contributed by atoms with Gasteiger partial charge >= 0.3 is 6.18 Å². The Labute approximate surface area is 187 Å². The molecule has 4 aromatic rings. The maximum Gasteiger partial charge on any atom is 0.416 e. The van der Waals surface area contributed by atoms with Crippen LogP contribution in [0, 0.1) is 0 Å². The van der Waals surface area contributed by atoms with Gasteiger partial charge in [0.05, 0.1) is 17.4 Å². The molecule has 170 valence electrons. The quantitative estimate of drug-likeness (QED) is 0.418. The van der Waals surface area contributed by atoms with Crippen molar-refractivity contribution in [1.82, 2.24) is 14.8 Å². The highest BCUT2D eigenvalue weighted by Crippen LogP contribution is 2.41. The number of carbonyl (C=O) groups excluding carboxylic acids is 1. The van der Waals surface area contributed by atoms with Gasteiger partial charge in [0, 0.05) is 30.3 Å². The molecule has 2 N–H and O–H groups in total. The average Bonchev–Trinajstić information content (AvgIpc) is 3.36. The largest absolute Gasteiger partial charge is 0.490 e. The van der Waals surface area contributed by atoms with E-state index in [2.05, 4.69) is 15.4 Å². The number of hydrogen-bond acceptors (Lipinski definition) is 3. The first-order chi connectivity index (χ1) is 15.8. The fourth-order valence-corrected chi connectivity index (χ4v) is 4.13. The van der Waals surface area contributed by atoms with Crippen molar-refractivity contribution < 1.29 is 22.7 Å². The molecule has 0 aliphatic heterocycles. The second kappa shape index (κ2) is 7.99. The number of alkyl halides is 3. The van der Waals surface area contributed by atoms with Crippen LogP contribution in [0.1, 0.15) is 40.4 Å². The van der Waals surface area contributed by atoms with Gasteiger partial charge in [0.25, 0.3) is 5.91 Å². The highest BCUT2D eigenvalue weighted by molar-refractivity contribution is 6.08. The Kier molecular flexibility index (Phi) is 5.11. The minimum Gasteiger partial charge on any atom is -0.490 e. The molecular weight excluding hydrogens is 433 g/mol. The predicted molar refractivity (Wildman–Crippen MR) is 117 cm³/mol. The van der Waals surface area contributed by atoms with Gasteiger partial charge in [-0.1, -0.05) is 12.1 Å². The first-order valence-electron chi connectivity index (χ1n) is 10.5. The Balaban J connectivity index is 1.24. The van der Waals surface area contributed by atoms with Crippen LogP contribution in [0.5, 0.6) is 5.75 Å². The number of aryl methyl sites for hydroxylation is 1. The van der Waals surface area contributed by atoms with Crippen molar-refractivity contribution in [3.05, 3.63) is 77.7 Å². The molecule has 2 aromatic carbocycles. The summed E-state index contributed by atoms with van der Waals surface area (Å²) in [5, 5.41) is 7.73. The van der Waals surface area contributed by atoms with Crippen molar-refractivity contribution in [2.24, 2.45) is 7.05 Å². The zero-order valence-corrected chi connectivity index (χ0v) is 17.7. The summed E-state index contributed by atoms with van der Waals surface area (Å²) in [4.78, 5) is 15.7. The number of aromatic amines is 1. The number of H-pyrrole nitrogens is 1. The third-order valence-electron chi connectivity index (χ3n) is 6.06. The maximum atomic E-state index is 12.7. The van der Waals surface area contributed by atoms with E-state index in [-0.39, 0.29) is 17.9 Å². The SMILES string of the molecule is Cn1nccc1C(=O)Nc1c[nH]c2ccc(OC3CC(c4ccc(C(F)(F)F)cc4)C3)cc12. The first-order valence-corrected chi connectivity index (χ1v) is 10.5. The predicted octanol–water partition coefficient (Wildman–Crippen LogP) is 5.50. The van der Waals surface area contributed by atoms with E-state index in [1.54, 1.807) is 37.6 Å². The van der Waals surface area contributed by atoms with Crippen LogP contribution in [0.25, 0.3) is 10.9 Å². The van der Waals surface area contributed by atoms with Crippen LogP contribution in [0.3, 0.4) is 0 Å². The third-order valence-corrected chi connectivity index (χ3v) is 6.06. The average molecular weight is 454 g/mol. The summed E-state index contributed by atoms with van der Waals surface area (Å²) in [5.74, 6) is 0.594. The lowest BCUT2D eigenvalue weighted by Crippen LogP contribution is -2.32.